The predicted molar refractivity (Wildman–Crippen MR) is 111 cm³/mol. The third-order valence-electron chi connectivity index (χ3n) is 4.26. The summed E-state index contributed by atoms with van der Waals surface area (Å²) < 4.78 is 24.0. The minimum Gasteiger partial charge on any atom is -0.872 e. The third-order valence-corrected chi connectivity index (χ3v) is 4.26. The molecule has 0 bridgehead atoms. The molecule has 0 aliphatic heterocycles. The second kappa shape index (κ2) is 18.7. The molecule has 0 aromatic heterocycles. The van der Waals surface area contributed by atoms with Crippen LogP contribution in [0.25, 0.3) is 5.57 Å². The van der Waals surface area contributed by atoms with Crippen LogP contribution >= 0.6 is 0 Å². The molecule has 34 heavy (non-hydrogen) atoms. The van der Waals surface area contributed by atoms with Crippen LogP contribution in [-0.4, -0.2) is 53.8 Å². The Balaban J connectivity index is 0. The minimum atomic E-state index is -0.885. The summed E-state index contributed by atoms with van der Waals surface area (Å²) in [4.78, 5) is 23.0. The maximum atomic E-state index is 11.7. The van der Waals surface area contributed by atoms with Gasteiger partial charge in [0.2, 0.25) is 0 Å². The summed E-state index contributed by atoms with van der Waals surface area (Å²) in [6.45, 7) is 0. The quantitative estimate of drug-likeness (QED) is 0.118. The number of esters is 2. The van der Waals surface area contributed by atoms with Gasteiger partial charge in [0.25, 0.3) is 0 Å². The van der Waals surface area contributed by atoms with E-state index in [2.05, 4.69) is 9.47 Å². The van der Waals surface area contributed by atoms with Crippen molar-refractivity contribution < 1.29 is 103 Å². The van der Waals surface area contributed by atoms with E-state index in [4.69, 9.17) is 14.2 Å². The number of ether oxygens (including phenoxy) is 5. The van der Waals surface area contributed by atoms with Gasteiger partial charge in [-0.05, 0) is 11.1 Å². The van der Waals surface area contributed by atoms with Gasteiger partial charge in [-0.2, -0.15) is 0 Å². The molecule has 0 heterocycles. The van der Waals surface area contributed by atoms with Gasteiger partial charge >= 0.3 is 71.1 Å². The summed E-state index contributed by atoms with van der Waals surface area (Å²) in [6, 6.07) is 12.4. The average Bonchev–Trinajstić information content (AvgIpc) is 2.81. The molecule has 0 fully saturated rings. The van der Waals surface area contributed by atoms with Gasteiger partial charge < -0.3 is 33.9 Å². The van der Waals surface area contributed by atoms with Gasteiger partial charge in [-0.1, -0.05) is 48.5 Å². The molecule has 174 valence electrons. The van der Waals surface area contributed by atoms with Gasteiger partial charge in [0, 0.05) is 14.2 Å². The monoisotopic (exact) mass is 492 g/mol. The molecule has 0 N–H and O–H groups in total. The number of benzene rings is 2. The van der Waals surface area contributed by atoms with Gasteiger partial charge in [0.1, 0.15) is 11.5 Å². The first-order chi connectivity index (χ1) is 15.4. The fraction of sp³-hybridized carbons (Fsp3) is 0.304. The van der Waals surface area contributed by atoms with Crippen LogP contribution in [0.2, 0.25) is 0 Å². The van der Waals surface area contributed by atoms with Gasteiger partial charge in [-0.15, -0.1) is 11.5 Å². The first kappa shape index (κ1) is 34.6. The topological polar surface area (TPSA) is 126 Å². The van der Waals surface area contributed by atoms with E-state index in [0.29, 0.717) is 5.56 Å². The van der Waals surface area contributed by atoms with Crippen LogP contribution in [0.3, 0.4) is 0 Å². The molecular weight excluding hydrogens is 466 g/mol. The van der Waals surface area contributed by atoms with Crippen LogP contribution in [0, 0.1) is 0 Å². The molecule has 0 saturated carbocycles. The zero-order chi connectivity index (χ0) is 24.1. The van der Waals surface area contributed by atoms with E-state index in [1.807, 2.05) is 0 Å². The molecule has 0 saturated heterocycles. The van der Waals surface area contributed by atoms with Crippen molar-refractivity contribution in [2.45, 2.75) is 12.2 Å². The summed E-state index contributed by atoms with van der Waals surface area (Å²) in [6.07, 6.45) is 0.347. The Morgan fingerprint density at radius 3 is 1.76 bits per heavy atom. The van der Waals surface area contributed by atoms with Crippen LogP contribution in [0.4, 0.5) is 0 Å². The van der Waals surface area contributed by atoms with Crippen molar-refractivity contribution in [2.75, 3.05) is 35.5 Å². The van der Waals surface area contributed by atoms with E-state index >= 15 is 0 Å². The average molecular weight is 492 g/mol. The molecular formula is C23H26Na2O9. The summed E-state index contributed by atoms with van der Waals surface area (Å²) in [7, 11) is 6.70. The van der Waals surface area contributed by atoms with Crippen LogP contribution in [0.15, 0.2) is 54.8 Å². The van der Waals surface area contributed by atoms with Crippen molar-refractivity contribution in [2.24, 2.45) is 0 Å². The molecule has 2 aromatic rings. The first-order valence-corrected chi connectivity index (χ1v) is 9.33. The van der Waals surface area contributed by atoms with E-state index < -0.39 is 24.1 Å². The van der Waals surface area contributed by atoms with Gasteiger partial charge in [-0.25, -0.2) is 4.79 Å². The molecule has 1 atom stereocenters. The van der Waals surface area contributed by atoms with Gasteiger partial charge in [0.15, 0.2) is 6.29 Å². The van der Waals surface area contributed by atoms with E-state index in [1.165, 1.54) is 53.9 Å². The number of carbonyl (C=O) groups is 2. The largest absolute Gasteiger partial charge is 1.00 e. The smallest absolute Gasteiger partial charge is 0.872 e. The summed E-state index contributed by atoms with van der Waals surface area (Å²) in [5.74, 6) is -2.54. The fourth-order valence-corrected chi connectivity index (χ4v) is 2.76. The van der Waals surface area contributed by atoms with Crippen LogP contribution < -0.4 is 69.3 Å². The van der Waals surface area contributed by atoms with Crippen molar-refractivity contribution in [3.63, 3.8) is 0 Å². The van der Waals surface area contributed by atoms with E-state index in [-0.39, 0.29) is 81.8 Å². The Kier molecular flexibility index (Phi) is 19.1. The maximum Gasteiger partial charge on any atom is 1.00 e. The minimum absolute atomic E-state index is 0. The fourth-order valence-electron chi connectivity index (χ4n) is 2.76. The van der Waals surface area contributed by atoms with Crippen molar-refractivity contribution >= 4 is 17.5 Å². The van der Waals surface area contributed by atoms with Gasteiger partial charge in [-0.3, -0.25) is 4.79 Å². The maximum absolute atomic E-state index is 11.7. The van der Waals surface area contributed by atoms with Crippen LogP contribution in [-0.2, 0) is 33.3 Å². The van der Waals surface area contributed by atoms with E-state index in [0.717, 1.165) is 0 Å². The molecule has 1 unspecified atom stereocenters. The molecule has 2 rings (SSSR count). The Bertz CT molecular complexity index is 915. The Hall–Kier alpha value is -1.56. The molecule has 0 amide bonds. The Morgan fingerprint density at radius 1 is 0.794 bits per heavy atom. The number of methoxy groups -OCH3 is 5. The summed E-state index contributed by atoms with van der Waals surface area (Å²) >= 11 is 0. The second-order valence-electron chi connectivity index (χ2n) is 6.13. The molecule has 11 heteroatoms. The van der Waals surface area contributed by atoms with Crippen LogP contribution in [0.1, 0.15) is 17.0 Å². The van der Waals surface area contributed by atoms with Crippen LogP contribution in [0.5, 0.6) is 11.5 Å². The first-order valence-electron chi connectivity index (χ1n) is 9.33. The molecule has 0 radical (unpaired) electrons. The molecule has 0 spiro atoms. The van der Waals surface area contributed by atoms with E-state index in [1.54, 1.807) is 36.4 Å². The predicted octanol–water partition coefficient (Wildman–Crippen LogP) is -4.44. The summed E-state index contributed by atoms with van der Waals surface area (Å²) in [5.41, 5.74) is 0.685. The molecule has 0 aliphatic rings. The standard InChI is InChI=1S/C12H16O5.C11H12O4.2Na/c1-15-11(14)10(12(16-2)17-3)8-6-4-5-7-9(8)13;1-14-7-9(11(13)15-2)8-5-3-4-6-10(8)12;;/h4-7,10,12-13H,1-3H3;3-7,12H,1-2H3;;/q;;2*+1/p-2/b;9-7+;;. The molecule has 9 nitrogen and oxygen atoms in total. The van der Waals surface area contributed by atoms with Crippen molar-refractivity contribution in [1.82, 2.24) is 0 Å². The SMILES string of the molecule is CO/C=C(/C(=O)OC)c1ccccc1[O-].COC(=O)C(c1ccccc1[O-])C(OC)OC.[Na+].[Na+]. The summed E-state index contributed by atoms with van der Waals surface area (Å²) in [5, 5.41) is 23.2. The number of rotatable bonds is 8. The van der Waals surface area contributed by atoms with E-state index in [9.17, 15) is 19.8 Å². The normalized spacial score (nSPS) is 11.1. The third kappa shape index (κ3) is 9.97. The zero-order valence-electron chi connectivity index (χ0n) is 20.5. The second-order valence-corrected chi connectivity index (χ2v) is 6.13. The number of hydrogen-bond acceptors (Lipinski definition) is 9. The van der Waals surface area contributed by atoms with Crippen molar-refractivity contribution in [3.8, 4) is 11.5 Å². The Labute approximate surface area is 243 Å². The van der Waals surface area contributed by atoms with Gasteiger partial charge in [0.05, 0.1) is 27.6 Å². The Morgan fingerprint density at radius 2 is 1.32 bits per heavy atom. The van der Waals surface area contributed by atoms with Crippen molar-refractivity contribution in [1.29, 1.82) is 0 Å². The number of carbonyl (C=O) groups excluding carboxylic acids is 2. The van der Waals surface area contributed by atoms with Crippen molar-refractivity contribution in [3.05, 3.63) is 65.9 Å². The molecule has 2 aromatic carbocycles. The molecule has 0 aliphatic carbocycles. The number of para-hydroxylation sites is 2. The zero-order valence-corrected chi connectivity index (χ0v) is 24.5. The number of hydrogen-bond donors (Lipinski definition) is 0.